The molecule has 0 bridgehead atoms. The van der Waals surface area contributed by atoms with Gasteiger partial charge in [-0.15, -0.1) is 11.3 Å². The SMILES string of the molecule is CCCNC(Cc1ccc(OC)nc1)Cc1cc(Br)cs1. The van der Waals surface area contributed by atoms with E-state index in [1.807, 2.05) is 12.3 Å². The Balaban J connectivity index is 2.00. The summed E-state index contributed by atoms with van der Waals surface area (Å²) >= 11 is 5.33. The van der Waals surface area contributed by atoms with Gasteiger partial charge in [-0.3, -0.25) is 0 Å². The minimum absolute atomic E-state index is 0.436. The van der Waals surface area contributed by atoms with E-state index in [2.05, 4.69) is 50.7 Å². The molecule has 114 valence electrons. The van der Waals surface area contributed by atoms with Crippen LogP contribution in [-0.2, 0) is 12.8 Å². The van der Waals surface area contributed by atoms with E-state index < -0.39 is 0 Å². The van der Waals surface area contributed by atoms with Crippen molar-refractivity contribution in [2.75, 3.05) is 13.7 Å². The van der Waals surface area contributed by atoms with Crippen molar-refractivity contribution >= 4 is 27.3 Å². The summed E-state index contributed by atoms with van der Waals surface area (Å²) < 4.78 is 6.28. The summed E-state index contributed by atoms with van der Waals surface area (Å²) in [5.74, 6) is 0.666. The molecule has 2 rings (SSSR count). The lowest BCUT2D eigenvalue weighted by atomic mass is 10.0. The molecule has 3 nitrogen and oxygen atoms in total. The maximum atomic E-state index is 5.11. The summed E-state index contributed by atoms with van der Waals surface area (Å²) in [7, 11) is 1.64. The zero-order chi connectivity index (χ0) is 15.1. The summed E-state index contributed by atoms with van der Waals surface area (Å²) in [4.78, 5) is 5.69. The minimum Gasteiger partial charge on any atom is -0.481 e. The van der Waals surface area contributed by atoms with E-state index >= 15 is 0 Å². The maximum absolute atomic E-state index is 5.11. The molecule has 0 amide bonds. The third-order valence-electron chi connectivity index (χ3n) is 3.24. The van der Waals surface area contributed by atoms with E-state index in [-0.39, 0.29) is 0 Å². The van der Waals surface area contributed by atoms with Crippen molar-refractivity contribution in [2.45, 2.75) is 32.2 Å². The summed E-state index contributed by atoms with van der Waals surface area (Å²) in [6.45, 7) is 3.24. The monoisotopic (exact) mass is 368 g/mol. The fourth-order valence-electron chi connectivity index (χ4n) is 2.21. The van der Waals surface area contributed by atoms with Crippen molar-refractivity contribution < 1.29 is 4.74 Å². The van der Waals surface area contributed by atoms with Crippen LogP contribution in [0.1, 0.15) is 23.8 Å². The molecule has 0 saturated carbocycles. The number of hydrogen-bond acceptors (Lipinski definition) is 4. The number of rotatable bonds is 8. The van der Waals surface area contributed by atoms with Crippen LogP contribution in [0.3, 0.4) is 0 Å². The lowest BCUT2D eigenvalue weighted by Gasteiger charge is -2.18. The molecule has 0 spiro atoms. The highest BCUT2D eigenvalue weighted by molar-refractivity contribution is 9.10. The largest absolute Gasteiger partial charge is 0.481 e. The van der Waals surface area contributed by atoms with Gasteiger partial charge in [0.15, 0.2) is 0 Å². The molecule has 0 aliphatic carbocycles. The van der Waals surface area contributed by atoms with Crippen molar-refractivity contribution in [3.63, 3.8) is 0 Å². The van der Waals surface area contributed by atoms with Gasteiger partial charge in [0.05, 0.1) is 7.11 Å². The molecule has 1 atom stereocenters. The molecule has 2 aromatic heterocycles. The number of thiophene rings is 1. The van der Waals surface area contributed by atoms with Crippen molar-refractivity contribution in [3.8, 4) is 5.88 Å². The van der Waals surface area contributed by atoms with Crippen LogP contribution in [0.5, 0.6) is 5.88 Å². The molecular weight excluding hydrogens is 348 g/mol. The second-order valence-corrected chi connectivity index (χ2v) is 6.91. The Hall–Kier alpha value is -0.910. The first-order valence-electron chi connectivity index (χ1n) is 7.16. The smallest absolute Gasteiger partial charge is 0.212 e. The minimum atomic E-state index is 0.436. The van der Waals surface area contributed by atoms with Crippen molar-refractivity contribution in [2.24, 2.45) is 0 Å². The van der Waals surface area contributed by atoms with Crippen LogP contribution >= 0.6 is 27.3 Å². The lowest BCUT2D eigenvalue weighted by Crippen LogP contribution is -2.33. The Morgan fingerprint density at radius 1 is 1.38 bits per heavy atom. The van der Waals surface area contributed by atoms with Gasteiger partial charge in [0.1, 0.15) is 0 Å². The molecule has 2 aromatic rings. The Morgan fingerprint density at radius 3 is 2.81 bits per heavy atom. The standard InChI is InChI=1S/C16H21BrN2OS/c1-3-6-18-14(9-15-8-13(17)11-21-15)7-12-4-5-16(20-2)19-10-12/h4-5,8,10-11,14,18H,3,6-7,9H2,1-2H3. The Kier molecular flexibility index (Phi) is 6.67. The van der Waals surface area contributed by atoms with Crippen LogP contribution in [0.25, 0.3) is 0 Å². The van der Waals surface area contributed by atoms with Gasteiger partial charge < -0.3 is 10.1 Å². The first-order valence-corrected chi connectivity index (χ1v) is 8.83. The molecule has 0 radical (unpaired) electrons. The normalized spacial score (nSPS) is 12.3. The Bertz CT molecular complexity index is 541. The quantitative estimate of drug-likeness (QED) is 0.762. The number of pyridine rings is 1. The highest BCUT2D eigenvalue weighted by atomic mass is 79.9. The molecule has 21 heavy (non-hydrogen) atoms. The van der Waals surface area contributed by atoms with E-state index in [1.165, 1.54) is 14.9 Å². The van der Waals surface area contributed by atoms with Gasteiger partial charge in [-0.05, 0) is 53.4 Å². The van der Waals surface area contributed by atoms with Gasteiger partial charge >= 0.3 is 0 Å². The van der Waals surface area contributed by atoms with Crippen LogP contribution < -0.4 is 10.1 Å². The third-order valence-corrected chi connectivity index (χ3v) is 4.96. The van der Waals surface area contributed by atoms with E-state index in [9.17, 15) is 0 Å². The zero-order valence-corrected chi connectivity index (χ0v) is 14.8. The van der Waals surface area contributed by atoms with Gasteiger partial charge in [0.25, 0.3) is 0 Å². The number of nitrogens with one attached hydrogen (secondary N) is 1. The molecular formula is C16H21BrN2OS. The average Bonchev–Trinajstić information content (AvgIpc) is 2.90. The molecule has 5 heteroatoms. The molecule has 1 unspecified atom stereocenters. The molecule has 0 aromatic carbocycles. The van der Waals surface area contributed by atoms with Crippen molar-refractivity contribution in [1.29, 1.82) is 0 Å². The Labute approximate surface area is 138 Å². The molecule has 2 heterocycles. The van der Waals surface area contributed by atoms with E-state index in [0.29, 0.717) is 11.9 Å². The highest BCUT2D eigenvalue weighted by Crippen LogP contribution is 2.22. The number of nitrogens with zero attached hydrogens (tertiary/aromatic N) is 1. The van der Waals surface area contributed by atoms with Gasteiger partial charge in [-0.1, -0.05) is 13.0 Å². The fraction of sp³-hybridized carbons (Fsp3) is 0.438. The van der Waals surface area contributed by atoms with Crippen LogP contribution in [0.15, 0.2) is 34.2 Å². The molecule has 0 fully saturated rings. The van der Waals surface area contributed by atoms with Crippen LogP contribution in [0, 0.1) is 0 Å². The van der Waals surface area contributed by atoms with Gasteiger partial charge in [0.2, 0.25) is 5.88 Å². The highest BCUT2D eigenvalue weighted by Gasteiger charge is 2.12. The number of hydrogen-bond donors (Lipinski definition) is 1. The van der Waals surface area contributed by atoms with E-state index in [1.54, 1.807) is 18.4 Å². The van der Waals surface area contributed by atoms with E-state index in [4.69, 9.17) is 4.74 Å². The topological polar surface area (TPSA) is 34.1 Å². The maximum Gasteiger partial charge on any atom is 0.212 e. The second kappa shape index (κ2) is 8.51. The summed E-state index contributed by atoms with van der Waals surface area (Å²) in [6, 6.07) is 6.66. The van der Waals surface area contributed by atoms with Gasteiger partial charge in [-0.25, -0.2) is 4.98 Å². The predicted molar refractivity (Wildman–Crippen MR) is 92.3 cm³/mol. The molecule has 0 aliphatic heterocycles. The van der Waals surface area contributed by atoms with Crippen molar-refractivity contribution in [3.05, 3.63) is 44.7 Å². The lowest BCUT2D eigenvalue weighted by molar-refractivity contribution is 0.397. The van der Waals surface area contributed by atoms with Crippen LogP contribution in [0.2, 0.25) is 0 Å². The zero-order valence-electron chi connectivity index (χ0n) is 12.4. The van der Waals surface area contributed by atoms with Crippen molar-refractivity contribution in [1.82, 2.24) is 10.3 Å². The number of aromatic nitrogens is 1. The Morgan fingerprint density at radius 2 is 2.24 bits per heavy atom. The second-order valence-electron chi connectivity index (χ2n) is 5.00. The first kappa shape index (κ1) is 16.5. The number of ether oxygens (including phenoxy) is 1. The number of halogens is 1. The molecule has 1 N–H and O–H groups in total. The van der Waals surface area contributed by atoms with Crippen LogP contribution in [0.4, 0.5) is 0 Å². The summed E-state index contributed by atoms with van der Waals surface area (Å²) in [6.07, 6.45) is 5.07. The van der Waals surface area contributed by atoms with Crippen LogP contribution in [-0.4, -0.2) is 24.7 Å². The average molecular weight is 369 g/mol. The van der Waals surface area contributed by atoms with Gasteiger partial charge in [0, 0.05) is 33.0 Å². The van der Waals surface area contributed by atoms with Gasteiger partial charge in [-0.2, -0.15) is 0 Å². The molecule has 0 aliphatic rings. The number of methoxy groups -OCH3 is 1. The third kappa shape index (κ3) is 5.41. The fourth-order valence-corrected chi connectivity index (χ4v) is 3.74. The first-order chi connectivity index (χ1) is 10.2. The summed E-state index contributed by atoms with van der Waals surface area (Å²) in [5.41, 5.74) is 1.24. The summed E-state index contributed by atoms with van der Waals surface area (Å²) in [5, 5.41) is 5.78. The van der Waals surface area contributed by atoms with E-state index in [0.717, 1.165) is 25.8 Å². The predicted octanol–water partition coefficient (Wildman–Crippen LogP) is 4.07. The molecule has 0 saturated heterocycles.